The van der Waals surface area contributed by atoms with Gasteiger partial charge in [0.1, 0.15) is 5.82 Å². The first kappa shape index (κ1) is 13.9. The Morgan fingerprint density at radius 1 is 1.58 bits per heavy atom. The Balaban J connectivity index is 2.19. The molecule has 1 amide bonds. The van der Waals surface area contributed by atoms with Crippen molar-refractivity contribution in [2.24, 2.45) is 0 Å². The molecule has 6 heteroatoms. The zero-order valence-corrected chi connectivity index (χ0v) is 10.8. The van der Waals surface area contributed by atoms with E-state index in [0.29, 0.717) is 25.1 Å². The molecule has 0 atom stereocenters. The van der Waals surface area contributed by atoms with Crippen LogP contribution in [0.25, 0.3) is 0 Å². The number of hydrogen-bond acceptors (Lipinski definition) is 4. The first-order valence-electron chi connectivity index (χ1n) is 6.12. The normalized spacial score (nSPS) is 15.1. The highest BCUT2D eigenvalue weighted by atomic mass is 19.1. The minimum atomic E-state index is -0.691. The molecule has 1 heterocycles. The molecule has 2 N–H and O–H groups in total. The van der Waals surface area contributed by atoms with E-state index in [4.69, 9.17) is 9.94 Å². The number of nitrogens with one attached hydrogen (secondary N) is 1. The topological polar surface area (TPSA) is 61.8 Å². The lowest BCUT2D eigenvalue weighted by atomic mass is 9.96. The molecule has 2 rings (SSSR count). The zero-order valence-electron chi connectivity index (χ0n) is 10.8. The molecule has 19 heavy (non-hydrogen) atoms. The fourth-order valence-corrected chi connectivity index (χ4v) is 2.28. The Morgan fingerprint density at radius 2 is 2.37 bits per heavy atom. The molecule has 1 aliphatic heterocycles. The van der Waals surface area contributed by atoms with Crippen molar-refractivity contribution < 1.29 is 19.1 Å². The van der Waals surface area contributed by atoms with Crippen LogP contribution in [0.15, 0.2) is 12.1 Å². The lowest BCUT2D eigenvalue weighted by molar-refractivity contribution is 0.0705. The molecule has 104 valence electrons. The van der Waals surface area contributed by atoms with Crippen LogP contribution >= 0.6 is 0 Å². The summed E-state index contributed by atoms with van der Waals surface area (Å²) in [7, 11) is 1.64. The largest absolute Gasteiger partial charge is 0.383 e. The quantitative estimate of drug-likeness (QED) is 0.630. The fraction of sp³-hybridized carbons (Fsp3) is 0.462. The number of carbonyl (C=O) groups is 1. The van der Waals surface area contributed by atoms with Crippen LogP contribution in [0.4, 0.5) is 4.39 Å². The van der Waals surface area contributed by atoms with E-state index in [1.807, 2.05) is 0 Å². The molecule has 1 aromatic carbocycles. The van der Waals surface area contributed by atoms with Crippen LogP contribution in [-0.4, -0.2) is 42.8 Å². The average Bonchev–Trinajstić information content (AvgIpc) is 2.44. The van der Waals surface area contributed by atoms with Gasteiger partial charge in [0.05, 0.1) is 6.61 Å². The maximum absolute atomic E-state index is 14.0. The van der Waals surface area contributed by atoms with Crippen LogP contribution in [-0.2, 0) is 17.7 Å². The third-order valence-corrected chi connectivity index (χ3v) is 3.34. The predicted octanol–water partition coefficient (Wildman–Crippen LogP) is 0.949. The summed E-state index contributed by atoms with van der Waals surface area (Å²) in [5.41, 5.74) is 3.11. The fourth-order valence-electron chi connectivity index (χ4n) is 2.28. The molecule has 0 unspecified atom stereocenters. The Labute approximate surface area is 110 Å². The maximum atomic E-state index is 14.0. The summed E-state index contributed by atoms with van der Waals surface area (Å²) in [6.07, 6.45) is 0.683. The molecule has 0 spiro atoms. The molecule has 0 saturated heterocycles. The van der Waals surface area contributed by atoms with Gasteiger partial charge in [-0.15, -0.1) is 0 Å². The minimum Gasteiger partial charge on any atom is -0.383 e. The maximum Gasteiger partial charge on any atom is 0.274 e. The van der Waals surface area contributed by atoms with Crippen molar-refractivity contribution in [1.29, 1.82) is 0 Å². The van der Waals surface area contributed by atoms with Gasteiger partial charge in [0.15, 0.2) is 0 Å². The average molecular weight is 268 g/mol. The number of benzene rings is 1. The van der Waals surface area contributed by atoms with Gasteiger partial charge < -0.3 is 4.74 Å². The second kappa shape index (κ2) is 6.10. The van der Waals surface area contributed by atoms with Crippen molar-refractivity contribution in [3.63, 3.8) is 0 Å². The second-order valence-electron chi connectivity index (χ2n) is 4.56. The van der Waals surface area contributed by atoms with E-state index >= 15 is 0 Å². The van der Waals surface area contributed by atoms with Crippen molar-refractivity contribution in [2.45, 2.75) is 13.0 Å². The molecule has 0 aliphatic carbocycles. The molecular formula is C13H17FN2O3. The molecule has 5 nitrogen and oxygen atoms in total. The van der Waals surface area contributed by atoms with Crippen molar-refractivity contribution in [3.05, 3.63) is 34.6 Å². The summed E-state index contributed by atoms with van der Waals surface area (Å²) >= 11 is 0. The van der Waals surface area contributed by atoms with E-state index in [9.17, 15) is 9.18 Å². The molecular weight excluding hydrogens is 251 g/mol. The Morgan fingerprint density at radius 3 is 3.05 bits per heavy atom. The van der Waals surface area contributed by atoms with Gasteiger partial charge in [-0.3, -0.25) is 14.9 Å². The molecule has 1 aromatic rings. The van der Waals surface area contributed by atoms with Crippen molar-refractivity contribution >= 4 is 5.91 Å². The number of rotatable bonds is 4. The van der Waals surface area contributed by atoms with E-state index in [0.717, 1.165) is 24.7 Å². The standard InChI is InChI=1S/C13H17FN2O3/c1-19-5-4-16-3-2-9-6-10(13(17)15-18)7-12(14)11(9)8-16/h6-7,18H,2-5,8H2,1H3,(H,15,17). The first-order chi connectivity index (χ1) is 9.15. The second-order valence-corrected chi connectivity index (χ2v) is 4.56. The van der Waals surface area contributed by atoms with Gasteiger partial charge in [-0.25, -0.2) is 9.87 Å². The highest BCUT2D eigenvalue weighted by Gasteiger charge is 2.21. The number of fused-ring (bicyclic) bond motifs is 1. The van der Waals surface area contributed by atoms with Crippen LogP contribution in [0.5, 0.6) is 0 Å². The Bertz CT molecular complexity index is 479. The Kier molecular flexibility index (Phi) is 4.47. The van der Waals surface area contributed by atoms with E-state index in [-0.39, 0.29) is 5.56 Å². The number of hydrogen-bond donors (Lipinski definition) is 2. The van der Waals surface area contributed by atoms with Gasteiger partial charge in [-0.05, 0) is 24.1 Å². The third kappa shape index (κ3) is 3.09. The van der Waals surface area contributed by atoms with Gasteiger partial charge in [0, 0.05) is 37.9 Å². The SMILES string of the molecule is COCCN1CCc2cc(C(=O)NO)cc(F)c2C1. The highest BCUT2D eigenvalue weighted by molar-refractivity contribution is 5.93. The van der Waals surface area contributed by atoms with Gasteiger partial charge in [0.25, 0.3) is 5.91 Å². The third-order valence-electron chi connectivity index (χ3n) is 3.34. The first-order valence-corrected chi connectivity index (χ1v) is 6.12. The zero-order chi connectivity index (χ0) is 13.8. The van der Waals surface area contributed by atoms with E-state index < -0.39 is 11.7 Å². The van der Waals surface area contributed by atoms with Gasteiger partial charge in [-0.2, -0.15) is 0 Å². The van der Waals surface area contributed by atoms with Crippen LogP contribution < -0.4 is 5.48 Å². The summed E-state index contributed by atoms with van der Waals surface area (Å²) < 4.78 is 19.0. The van der Waals surface area contributed by atoms with Crippen LogP contribution in [0, 0.1) is 5.82 Å². The summed E-state index contributed by atoms with van der Waals surface area (Å²) in [4.78, 5) is 13.4. The van der Waals surface area contributed by atoms with E-state index in [1.165, 1.54) is 5.48 Å². The highest BCUT2D eigenvalue weighted by Crippen LogP contribution is 2.23. The summed E-state index contributed by atoms with van der Waals surface area (Å²) in [5, 5.41) is 8.58. The van der Waals surface area contributed by atoms with Crippen molar-refractivity contribution in [1.82, 2.24) is 10.4 Å². The number of methoxy groups -OCH3 is 1. The summed E-state index contributed by atoms with van der Waals surface area (Å²) in [5.74, 6) is -1.10. The number of hydroxylamine groups is 1. The van der Waals surface area contributed by atoms with E-state index in [2.05, 4.69) is 4.90 Å². The predicted molar refractivity (Wildman–Crippen MR) is 66.5 cm³/mol. The van der Waals surface area contributed by atoms with Crippen molar-refractivity contribution in [2.75, 3.05) is 26.8 Å². The lowest BCUT2D eigenvalue weighted by Crippen LogP contribution is -2.34. The Hall–Kier alpha value is -1.50. The molecule has 0 saturated carbocycles. The minimum absolute atomic E-state index is 0.143. The van der Waals surface area contributed by atoms with Gasteiger partial charge in [-0.1, -0.05) is 0 Å². The summed E-state index contributed by atoms with van der Waals surface area (Å²) in [6.45, 7) is 2.70. The number of ether oxygens (including phenoxy) is 1. The van der Waals surface area contributed by atoms with Gasteiger partial charge in [0.2, 0.25) is 0 Å². The number of amides is 1. The van der Waals surface area contributed by atoms with Crippen LogP contribution in [0.2, 0.25) is 0 Å². The molecule has 0 fully saturated rings. The lowest BCUT2D eigenvalue weighted by Gasteiger charge is -2.29. The van der Waals surface area contributed by atoms with Crippen LogP contribution in [0.1, 0.15) is 21.5 Å². The summed E-state index contributed by atoms with van der Waals surface area (Å²) in [6, 6.07) is 2.79. The number of nitrogens with zero attached hydrogens (tertiary/aromatic N) is 1. The molecule has 0 bridgehead atoms. The van der Waals surface area contributed by atoms with Crippen molar-refractivity contribution in [3.8, 4) is 0 Å². The number of carbonyl (C=O) groups excluding carboxylic acids is 1. The monoisotopic (exact) mass is 268 g/mol. The van der Waals surface area contributed by atoms with Gasteiger partial charge >= 0.3 is 0 Å². The van der Waals surface area contributed by atoms with Crippen LogP contribution in [0.3, 0.4) is 0 Å². The smallest absolute Gasteiger partial charge is 0.274 e. The number of halogens is 1. The molecule has 0 radical (unpaired) electrons. The van der Waals surface area contributed by atoms with E-state index in [1.54, 1.807) is 13.2 Å². The molecule has 1 aliphatic rings. The molecule has 0 aromatic heterocycles.